The summed E-state index contributed by atoms with van der Waals surface area (Å²) >= 11 is 12.4. The molecule has 26 heavy (non-hydrogen) atoms. The van der Waals surface area contributed by atoms with Crippen LogP contribution in [0, 0.1) is 5.41 Å². The standard InChI is InChI=1S/C20H25Cl2N3O/c1-14(25(3)18-6-4-5-16(21)19(18)22)24-17(9-12-26)15-7-10-20(2,13-23)11-8-15/h4-7,9,12H,8,10-11,13,23H2,1-3H3/b17-9-,24-14?. The van der Waals surface area contributed by atoms with Crippen molar-refractivity contribution in [2.75, 3.05) is 18.5 Å². The summed E-state index contributed by atoms with van der Waals surface area (Å²) in [6, 6.07) is 5.46. The zero-order valence-electron chi connectivity index (χ0n) is 15.4. The molecule has 0 spiro atoms. The monoisotopic (exact) mass is 393 g/mol. The molecular formula is C20H25Cl2N3O. The predicted molar refractivity (Wildman–Crippen MR) is 111 cm³/mol. The molecule has 1 atom stereocenters. The molecule has 140 valence electrons. The molecule has 0 fully saturated rings. The Labute approximate surface area is 165 Å². The van der Waals surface area contributed by atoms with Crippen LogP contribution < -0.4 is 10.6 Å². The number of allylic oxidation sites excluding steroid dienone is 3. The van der Waals surface area contributed by atoms with Gasteiger partial charge in [0.25, 0.3) is 0 Å². The molecule has 1 aliphatic carbocycles. The van der Waals surface area contributed by atoms with E-state index in [9.17, 15) is 4.79 Å². The number of carbonyl (C=O) groups is 1. The van der Waals surface area contributed by atoms with E-state index in [1.807, 2.05) is 31.0 Å². The number of rotatable bonds is 5. The van der Waals surface area contributed by atoms with Crippen LogP contribution in [0.4, 0.5) is 5.69 Å². The summed E-state index contributed by atoms with van der Waals surface area (Å²) < 4.78 is 0. The quantitative estimate of drug-likeness (QED) is 0.331. The highest BCUT2D eigenvalue weighted by molar-refractivity contribution is 6.44. The maximum Gasteiger partial charge on any atom is 0.144 e. The Morgan fingerprint density at radius 1 is 1.42 bits per heavy atom. The number of benzene rings is 1. The summed E-state index contributed by atoms with van der Waals surface area (Å²) in [6.07, 6.45) is 7.15. The van der Waals surface area contributed by atoms with Crippen molar-refractivity contribution in [1.82, 2.24) is 0 Å². The predicted octanol–water partition coefficient (Wildman–Crippen LogP) is 5.01. The largest absolute Gasteiger partial charge is 0.332 e. The molecule has 4 nitrogen and oxygen atoms in total. The summed E-state index contributed by atoms with van der Waals surface area (Å²) in [6.45, 7) is 4.72. The van der Waals surface area contributed by atoms with Gasteiger partial charge < -0.3 is 10.6 Å². The third kappa shape index (κ3) is 4.76. The van der Waals surface area contributed by atoms with Gasteiger partial charge in [-0.1, -0.05) is 42.3 Å². The van der Waals surface area contributed by atoms with E-state index < -0.39 is 0 Å². The molecule has 0 saturated carbocycles. The lowest BCUT2D eigenvalue weighted by molar-refractivity contribution is -0.104. The van der Waals surface area contributed by atoms with Crippen LogP contribution in [0.1, 0.15) is 33.1 Å². The fourth-order valence-electron chi connectivity index (χ4n) is 2.88. The van der Waals surface area contributed by atoms with Gasteiger partial charge in [-0.2, -0.15) is 0 Å². The van der Waals surface area contributed by atoms with Crippen molar-refractivity contribution in [1.29, 1.82) is 0 Å². The molecule has 1 aliphatic rings. The Hall–Kier alpha value is -1.62. The number of nitrogens with zero attached hydrogens (tertiary/aromatic N) is 2. The molecule has 2 rings (SSSR count). The smallest absolute Gasteiger partial charge is 0.144 e. The zero-order chi connectivity index (χ0) is 19.3. The van der Waals surface area contributed by atoms with Crippen molar-refractivity contribution in [3.8, 4) is 0 Å². The first-order valence-corrected chi connectivity index (χ1v) is 9.35. The first kappa shape index (κ1) is 20.7. The van der Waals surface area contributed by atoms with Gasteiger partial charge in [0.15, 0.2) is 0 Å². The van der Waals surface area contributed by atoms with Gasteiger partial charge in [-0.05, 0) is 55.9 Å². The molecule has 0 saturated heterocycles. The average Bonchev–Trinajstić information content (AvgIpc) is 2.63. The van der Waals surface area contributed by atoms with Gasteiger partial charge in [0.2, 0.25) is 0 Å². The minimum Gasteiger partial charge on any atom is -0.332 e. The topological polar surface area (TPSA) is 58.7 Å². The number of carbonyl (C=O) groups excluding carboxylic acids is 1. The van der Waals surface area contributed by atoms with Crippen molar-refractivity contribution in [3.63, 3.8) is 0 Å². The Morgan fingerprint density at radius 2 is 2.15 bits per heavy atom. The fraction of sp³-hybridized carbons (Fsp3) is 0.400. The SMILES string of the molecule is CC(=N/C(=C\C=O)C1=CCC(C)(CN)CC1)N(C)c1cccc(Cl)c1Cl. The summed E-state index contributed by atoms with van der Waals surface area (Å²) in [5.74, 6) is 0.718. The van der Waals surface area contributed by atoms with Gasteiger partial charge in [0.1, 0.15) is 12.1 Å². The summed E-state index contributed by atoms with van der Waals surface area (Å²) in [5, 5.41) is 0.964. The number of halogens is 2. The van der Waals surface area contributed by atoms with E-state index in [0.29, 0.717) is 22.3 Å². The van der Waals surface area contributed by atoms with Crippen LogP contribution >= 0.6 is 23.2 Å². The molecule has 0 aromatic heterocycles. The van der Waals surface area contributed by atoms with E-state index >= 15 is 0 Å². The van der Waals surface area contributed by atoms with Crippen LogP contribution in [0.15, 0.2) is 46.6 Å². The number of amidine groups is 1. The van der Waals surface area contributed by atoms with Gasteiger partial charge in [-0.25, -0.2) is 4.99 Å². The van der Waals surface area contributed by atoms with Crippen LogP contribution in [-0.4, -0.2) is 25.7 Å². The van der Waals surface area contributed by atoms with Crippen molar-refractivity contribution in [2.24, 2.45) is 16.1 Å². The third-order valence-corrected chi connectivity index (χ3v) is 5.76. The number of hydrogen-bond acceptors (Lipinski definition) is 3. The van der Waals surface area contributed by atoms with Gasteiger partial charge >= 0.3 is 0 Å². The molecule has 2 N–H and O–H groups in total. The summed E-state index contributed by atoms with van der Waals surface area (Å²) in [7, 11) is 1.87. The molecule has 0 radical (unpaired) electrons. The molecule has 6 heteroatoms. The van der Waals surface area contributed by atoms with Crippen molar-refractivity contribution in [3.05, 3.63) is 51.7 Å². The molecule has 0 bridgehead atoms. The number of anilines is 1. The lowest BCUT2D eigenvalue weighted by Gasteiger charge is -2.31. The van der Waals surface area contributed by atoms with E-state index in [2.05, 4.69) is 18.0 Å². The van der Waals surface area contributed by atoms with E-state index in [4.69, 9.17) is 28.9 Å². The third-order valence-electron chi connectivity index (χ3n) is 4.95. The molecule has 1 aromatic rings. The van der Waals surface area contributed by atoms with E-state index in [1.54, 1.807) is 6.07 Å². The molecule has 1 aromatic carbocycles. The van der Waals surface area contributed by atoms with Gasteiger partial charge in [0.05, 0.1) is 21.4 Å². The van der Waals surface area contributed by atoms with Crippen LogP contribution in [-0.2, 0) is 4.79 Å². The maximum absolute atomic E-state index is 11.1. The highest BCUT2D eigenvalue weighted by atomic mass is 35.5. The fourth-order valence-corrected chi connectivity index (χ4v) is 3.31. The van der Waals surface area contributed by atoms with Crippen LogP contribution in [0.2, 0.25) is 10.0 Å². The van der Waals surface area contributed by atoms with E-state index in [0.717, 1.165) is 42.6 Å². The van der Waals surface area contributed by atoms with Crippen LogP contribution in [0.3, 0.4) is 0 Å². The zero-order valence-corrected chi connectivity index (χ0v) is 16.9. The summed E-state index contributed by atoms with van der Waals surface area (Å²) in [4.78, 5) is 17.7. The minimum absolute atomic E-state index is 0.125. The Balaban J connectivity index is 2.30. The molecule has 0 aliphatic heterocycles. The minimum atomic E-state index is 0.125. The average molecular weight is 394 g/mol. The number of aliphatic imine (C=N–C) groups is 1. The Morgan fingerprint density at radius 3 is 2.73 bits per heavy atom. The van der Waals surface area contributed by atoms with Crippen molar-refractivity contribution in [2.45, 2.75) is 33.1 Å². The molecule has 0 heterocycles. The Kier molecular flexibility index (Phi) is 7.04. The number of aldehydes is 1. The van der Waals surface area contributed by atoms with E-state index in [-0.39, 0.29) is 5.41 Å². The maximum atomic E-state index is 11.1. The van der Waals surface area contributed by atoms with Gasteiger partial charge in [0, 0.05) is 13.1 Å². The molecule has 1 unspecified atom stereocenters. The van der Waals surface area contributed by atoms with Crippen LogP contribution in [0.5, 0.6) is 0 Å². The van der Waals surface area contributed by atoms with Crippen molar-refractivity contribution < 1.29 is 4.79 Å². The first-order valence-electron chi connectivity index (χ1n) is 8.59. The normalized spacial score (nSPS) is 21.4. The van der Waals surface area contributed by atoms with E-state index in [1.165, 1.54) is 6.08 Å². The Bertz CT molecular complexity index is 770. The lowest BCUT2D eigenvalue weighted by atomic mass is 9.76. The number of nitrogens with two attached hydrogens (primary N) is 1. The van der Waals surface area contributed by atoms with Crippen LogP contribution in [0.25, 0.3) is 0 Å². The molecule has 0 amide bonds. The number of hydrogen-bond donors (Lipinski definition) is 1. The van der Waals surface area contributed by atoms with Gasteiger partial charge in [-0.15, -0.1) is 0 Å². The summed E-state index contributed by atoms with van der Waals surface area (Å²) in [5.41, 5.74) is 8.52. The molecular weight excluding hydrogens is 369 g/mol. The highest BCUT2D eigenvalue weighted by Crippen LogP contribution is 2.37. The second-order valence-corrected chi connectivity index (χ2v) is 7.71. The van der Waals surface area contributed by atoms with Gasteiger partial charge in [-0.3, -0.25) is 4.79 Å². The highest BCUT2D eigenvalue weighted by Gasteiger charge is 2.26. The second-order valence-electron chi connectivity index (χ2n) is 6.93. The lowest BCUT2D eigenvalue weighted by Crippen LogP contribution is -2.29. The first-order chi connectivity index (χ1) is 12.3. The van der Waals surface area contributed by atoms with Crippen molar-refractivity contribution >= 4 is 41.0 Å². The second kappa shape index (κ2) is 8.85.